The minimum atomic E-state index is -0.358. The van der Waals surface area contributed by atoms with Gasteiger partial charge in [-0.05, 0) is 19.8 Å². The summed E-state index contributed by atoms with van der Waals surface area (Å²) in [6, 6.07) is 0. The number of anilines is 1. The van der Waals surface area contributed by atoms with Crippen LogP contribution in [0.3, 0.4) is 0 Å². The molecule has 118 valence electrons. The van der Waals surface area contributed by atoms with Gasteiger partial charge >= 0.3 is 0 Å². The third-order valence-electron chi connectivity index (χ3n) is 3.37. The Morgan fingerprint density at radius 1 is 1.33 bits per heavy atom. The minimum Gasteiger partial charge on any atom is -0.395 e. The molecule has 4 N–H and O–H groups in total. The maximum Gasteiger partial charge on any atom is 0.273 e. The van der Waals surface area contributed by atoms with E-state index in [0.29, 0.717) is 18.8 Å². The van der Waals surface area contributed by atoms with Gasteiger partial charge in [0, 0.05) is 26.1 Å². The van der Waals surface area contributed by atoms with Crippen molar-refractivity contribution >= 4 is 17.5 Å². The Kier molecular flexibility index (Phi) is 6.20. The van der Waals surface area contributed by atoms with Crippen LogP contribution in [-0.2, 0) is 4.79 Å². The molecule has 2 amide bonds. The predicted molar refractivity (Wildman–Crippen MR) is 82.0 cm³/mol. The molecule has 1 rings (SSSR count). The number of rotatable bonds is 7. The van der Waals surface area contributed by atoms with Crippen LogP contribution in [0.4, 0.5) is 5.69 Å². The highest BCUT2D eigenvalue weighted by Crippen LogP contribution is 2.21. The zero-order valence-electron chi connectivity index (χ0n) is 13.2. The highest BCUT2D eigenvalue weighted by atomic mass is 16.2. The van der Waals surface area contributed by atoms with E-state index in [1.807, 2.05) is 27.7 Å². The van der Waals surface area contributed by atoms with Crippen LogP contribution in [0.2, 0.25) is 0 Å². The lowest BCUT2D eigenvalue weighted by molar-refractivity contribution is -0.130. The second-order valence-electron chi connectivity index (χ2n) is 5.13. The molecule has 1 aromatic heterocycles. The van der Waals surface area contributed by atoms with E-state index < -0.39 is 0 Å². The summed E-state index contributed by atoms with van der Waals surface area (Å²) in [6.45, 7) is 9.41. The van der Waals surface area contributed by atoms with Gasteiger partial charge in [0.15, 0.2) is 5.69 Å². The number of aromatic amines is 1. The maximum absolute atomic E-state index is 12.0. The number of hydrogen-bond acceptors (Lipinski definition) is 4. The quantitative estimate of drug-likeness (QED) is 0.700. The number of nitrogens with zero attached hydrogens (tertiary/aromatic N) is 2. The van der Waals surface area contributed by atoms with Gasteiger partial charge in [0.25, 0.3) is 5.91 Å². The van der Waals surface area contributed by atoms with Gasteiger partial charge < -0.3 is 16.0 Å². The summed E-state index contributed by atoms with van der Waals surface area (Å²) < 4.78 is 0. The lowest BCUT2D eigenvalue weighted by atomic mass is 10.1. The highest BCUT2D eigenvalue weighted by molar-refractivity contribution is 5.97. The Balaban J connectivity index is 2.53. The molecule has 1 aromatic rings. The number of aromatic nitrogens is 2. The van der Waals surface area contributed by atoms with Gasteiger partial charge in [0.1, 0.15) is 0 Å². The van der Waals surface area contributed by atoms with Crippen LogP contribution in [-0.4, -0.2) is 46.5 Å². The average Bonchev–Trinajstić information content (AvgIpc) is 2.82. The van der Waals surface area contributed by atoms with Gasteiger partial charge in [0.05, 0.1) is 11.4 Å². The van der Waals surface area contributed by atoms with E-state index in [0.717, 1.165) is 5.69 Å². The third-order valence-corrected chi connectivity index (χ3v) is 3.37. The molecule has 0 aliphatic carbocycles. The van der Waals surface area contributed by atoms with Crippen molar-refractivity contribution in [1.82, 2.24) is 20.4 Å². The van der Waals surface area contributed by atoms with Crippen molar-refractivity contribution in [2.45, 2.75) is 40.0 Å². The highest BCUT2D eigenvalue weighted by Gasteiger charge is 2.19. The fraction of sp³-hybridized carbons (Fsp3) is 0.643. The lowest BCUT2D eigenvalue weighted by Gasteiger charge is -2.18. The van der Waals surface area contributed by atoms with E-state index in [-0.39, 0.29) is 36.4 Å². The van der Waals surface area contributed by atoms with Crippen molar-refractivity contribution in [1.29, 1.82) is 0 Å². The Labute approximate surface area is 125 Å². The van der Waals surface area contributed by atoms with Crippen LogP contribution in [0.15, 0.2) is 0 Å². The predicted octanol–water partition coefficient (Wildman–Crippen LogP) is 1.10. The van der Waals surface area contributed by atoms with Crippen molar-refractivity contribution in [2.75, 3.05) is 25.4 Å². The van der Waals surface area contributed by atoms with Crippen molar-refractivity contribution in [3.8, 4) is 0 Å². The molecular weight excluding hydrogens is 270 g/mol. The normalized spacial score (nSPS) is 10.7. The molecule has 0 atom stereocenters. The number of H-pyrrole nitrogens is 1. The Morgan fingerprint density at radius 2 is 1.95 bits per heavy atom. The summed E-state index contributed by atoms with van der Waals surface area (Å²) in [4.78, 5) is 25.5. The molecule has 0 aliphatic heterocycles. The van der Waals surface area contributed by atoms with Crippen molar-refractivity contribution < 1.29 is 9.59 Å². The van der Waals surface area contributed by atoms with Crippen molar-refractivity contribution in [3.63, 3.8) is 0 Å². The summed E-state index contributed by atoms with van der Waals surface area (Å²) in [6.07, 6.45) is 0.273. The number of nitrogen functional groups attached to an aromatic ring is 1. The molecule has 0 aromatic carbocycles. The van der Waals surface area contributed by atoms with Crippen LogP contribution in [0.25, 0.3) is 0 Å². The minimum absolute atomic E-state index is 0.0261. The molecule has 0 unspecified atom stereocenters. The smallest absolute Gasteiger partial charge is 0.273 e. The van der Waals surface area contributed by atoms with E-state index >= 15 is 0 Å². The van der Waals surface area contributed by atoms with Gasteiger partial charge in [0.2, 0.25) is 5.91 Å². The van der Waals surface area contributed by atoms with E-state index in [2.05, 4.69) is 15.5 Å². The number of carbonyl (C=O) groups is 2. The molecule has 0 fully saturated rings. The summed E-state index contributed by atoms with van der Waals surface area (Å²) in [7, 11) is 0. The van der Waals surface area contributed by atoms with E-state index in [4.69, 9.17) is 5.73 Å². The molecule has 0 aliphatic rings. The van der Waals surface area contributed by atoms with Gasteiger partial charge in [-0.1, -0.05) is 13.8 Å². The average molecular weight is 295 g/mol. The van der Waals surface area contributed by atoms with Crippen molar-refractivity contribution in [3.05, 3.63) is 11.4 Å². The van der Waals surface area contributed by atoms with Crippen LogP contribution in [0, 0.1) is 0 Å². The first-order valence-electron chi connectivity index (χ1n) is 7.31. The number of nitrogens with two attached hydrogens (primary N) is 1. The van der Waals surface area contributed by atoms with E-state index in [9.17, 15) is 9.59 Å². The first-order valence-corrected chi connectivity index (χ1v) is 7.31. The number of amides is 2. The second kappa shape index (κ2) is 7.66. The molecule has 7 nitrogen and oxygen atoms in total. The molecule has 0 saturated carbocycles. The molecule has 0 saturated heterocycles. The molecule has 0 bridgehead atoms. The Morgan fingerprint density at radius 3 is 2.43 bits per heavy atom. The topological polar surface area (TPSA) is 104 Å². The molecule has 0 spiro atoms. The first-order chi connectivity index (χ1) is 9.92. The standard InChI is InChI=1S/C14H25N5O2/c1-5-19(6-2)10(20)7-8-16-14(21)13-11(15)12(9(3)4)17-18-13/h9H,5-8,15H2,1-4H3,(H,16,21)(H,17,18). The third kappa shape index (κ3) is 4.21. The van der Waals surface area contributed by atoms with Crippen LogP contribution >= 0.6 is 0 Å². The number of nitrogens with one attached hydrogen (secondary N) is 2. The zero-order chi connectivity index (χ0) is 16.0. The van der Waals surface area contributed by atoms with E-state index in [1.54, 1.807) is 4.90 Å². The second-order valence-corrected chi connectivity index (χ2v) is 5.13. The molecule has 21 heavy (non-hydrogen) atoms. The van der Waals surface area contributed by atoms with Gasteiger partial charge in [-0.25, -0.2) is 0 Å². The van der Waals surface area contributed by atoms with Crippen LogP contribution in [0.5, 0.6) is 0 Å². The largest absolute Gasteiger partial charge is 0.395 e. The van der Waals surface area contributed by atoms with Gasteiger partial charge in [-0.2, -0.15) is 5.10 Å². The molecule has 0 radical (unpaired) electrons. The van der Waals surface area contributed by atoms with Crippen LogP contribution in [0.1, 0.15) is 56.2 Å². The Bertz CT molecular complexity index is 492. The van der Waals surface area contributed by atoms with Crippen LogP contribution < -0.4 is 11.1 Å². The van der Waals surface area contributed by atoms with Gasteiger partial charge in [-0.15, -0.1) is 0 Å². The first kappa shape index (κ1) is 17.0. The van der Waals surface area contributed by atoms with Crippen molar-refractivity contribution in [2.24, 2.45) is 0 Å². The zero-order valence-corrected chi connectivity index (χ0v) is 13.2. The SMILES string of the molecule is CCN(CC)C(=O)CCNC(=O)c1n[nH]c(C(C)C)c1N. The Hall–Kier alpha value is -2.05. The monoisotopic (exact) mass is 295 g/mol. The maximum atomic E-state index is 12.0. The van der Waals surface area contributed by atoms with Gasteiger partial charge in [-0.3, -0.25) is 14.7 Å². The summed E-state index contributed by atoms with van der Waals surface area (Å²) in [5.74, 6) is -0.163. The summed E-state index contributed by atoms with van der Waals surface area (Å²) >= 11 is 0. The molecule has 7 heteroatoms. The summed E-state index contributed by atoms with van der Waals surface area (Å²) in [5, 5.41) is 9.40. The molecule has 1 heterocycles. The fourth-order valence-corrected chi connectivity index (χ4v) is 2.08. The fourth-order valence-electron chi connectivity index (χ4n) is 2.08. The lowest BCUT2D eigenvalue weighted by Crippen LogP contribution is -2.34. The molecular formula is C14H25N5O2. The van der Waals surface area contributed by atoms with E-state index in [1.165, 1.54) is 0 Å². The number of hydrogen-bond donors (Lipinski definition) is 3. The summed E-state index contributed by atoms with van der Waals surface area (Å²) in [5.41, 5.74) is 7.21. The number of carbonyl (C=O) groups excluding carboxylic acids is 2.